The van der Waals surface area contributed by atoms with E-state index in [-0.39, 0.29) is 38.0 Å². The largest absolute Gasteiger partial charge is 0.462 e. The van der Waals surface area contributed by atoms with Gasteiger partial charge in [0.25, 0.3) is 0 Å². The van der Waals surface area contributed by atoms with E-state index in [1.165, 1.54) is 0 Å². The summed E-state index contributed by atoms with van der Waals surface area (Å²) in [5.74, 6) is -1.09. The summed E-state index contributed by atoms with van der Waals surface area (Å²) in [6.45, 7) is 6.18. The number of esters is 3. The first-order chi connectivity index (χ1) is 34.0. The minimum absolute atomic E-state index is 0.129. The molecule has 0 heterocycles. The van der Waals surface area contributed by atoms with E-state index in [1.807, 2.05) is 12.2 Å². The van der Waals surface area contributed by atoms with Gasteiger partial charge in [0.1, 0.15) is 13.2 Å². The third-order valence-electron chi connectivity index (χ3n) is 10.2. The average Bonchev–Trinajstić information content (AvgIpc) is 3.35. The zero-order valence-electron chi connectivity index (χ0n) is 43.5. The van der Waals surface area contributed by atoms with Gasteiger partial charge in [-0.2, -0.15) is 0 Å². The number of rotatable bonds is 45. The lowest BCUT2D eigenvalue weighted by atomic mass is 10.1. The van der Waals surface area contributed by atoms with E-state index in [1.54, 1.807) is 0 Å². The zero-order chi connectivity index (χ0) is 50.0. The highest BCUT2D eigenvalue weighted by atomic mass is 16.6. The minimum Gasteiger partial charge on any atom is -0.462 e. The highest BCUT2D eigenvalue weighted by molar-refractivity contribution is 5.71. The maximum absolute atomic E-state index is 12.7. The first-order valence-electron chi connectivity index (χ1n) is 26.6. The van der Waals surface area contributed by atoms with Gasteiger partial charge >= 0.3 is 17.9 Å². The number of ether oxygens (including phenoxy) is 3. The summed E-state index contributed by atoms with van der Waals surface area (Å²) in [7, 11) is 0. The number of hydrogen-bond acceptors (Lipinski definition) is 6. The van der Waals surface area contributed by atoms with Crippen LogP contribution in [-0.4, -0.2) is 37.2 Å². The van der Waals surface area contributed by atoms with Crippen molar-refractivity contribution in [3.63, 3.8) is 0 Å². The van der Waals surface area contributed by atoms with Crippen LogP contribution >= 0.6 is 0 Å². The Morgan fingerprint density at radius 2 is 0.594 bits per heavy atom. The van der Waals surface area contributed by atoms with Crippen LogP contribution in [0.2, 0.25) is 0 Å². The summed E-state index contributed by atoms with van der Waals surface area (Å²) in [5.41, 5.74) is 0. The first kappa shape index (κ1) is 63.8. The molecule has 0 rings (SSSR count). The van der Waals surface area contributed by atoms with Gasteiger partial charge in [0, 0.05) is 19.3 Å². The number of unbranched alkanes of at least 4 members (excludes halogenated alkanes) is 6. The van der Waals surface area contributed by atoms with E-state index in [0.29, 0.717) is 19.3 Å². The Balaban J connectivity index is 4.25. The molecule has 0 N–H and O–H groups in total. The van der Waals surface area contributed by atoms with E-state index in [0.717, 1.165) is 135 Å². The topological polar surface area (TPSA) is 78.9 Å². The van der Waals surface area contributed by atoms with E-state index < -0.39 is 12.1 Å². The normalized spacial score (nSPS) is 13.5. The van der Waals surface area contributed by atoms with E-state index in [4.69, 9.17) is 14.2 Å². The molecule has 0 saturated heterocycles. The Morgan fingerprint density at radius 1 is 0.304 bits per heavy atom. The monoisotopic (exact) mass is 947 g/mol. The van der Waals surface area contributed by atoms with Gasteiger partial charge in [0.15, 0.2) is 6.10 Å². The number of carbonyl (C=O) groups excluding carboxylic acids is 3. The van der Waals surface area contributed by atoms with Gasteiger partial charge in [-0.05, 0) is 122 Å². The molecule has 0 aromatic carbocycles. The molecule has 1 unspecified atom stereocenters. The predicted octanol–water partition coefficient (Wildman–Crippen LogP) is 18.0. The van der Waals surface area contributed by atoms with Crippen molar-refractivity contribution in [2.45, 2.75) is 194 Å². The standard InChI is InChI=1S/C63H94O6/c1-4-7-10-13-15-17-19-21-22-23-24-25-26-27-28-29-30-31-32-33-34-35-36-37-38-39-40-42-43-45-47-50-53-56-62(65)68-59-60(58-67-61(64)55-52-49-12-9-6-3)69-63(66)57-54-51-48-46-44-41-20-18-16-14-11-8-5-2/h7-8,10-11,15-18,21-22,24-25,27-28,30-31,33-34,36-37,39-41,43-45,48,51,60H,4-6,9,12-14,19-20,23,26,29,32,35,38,42,46-47,49-50,52-59H2,1-3H3/b10-7-,11-8-,17-15-,18-16-,22-21-,25-24-,28-27-,31-30-,34-33-,37-36-,40-39-,44-41-,45-43-,51-48-. The Kier molecular flexibility index (Phi) is 51.2. The Morgan fingerprint density at radius 3 is 0.928 bits per heavy atom. The van der Waals surface area contributed by atoms with Gasteiger partial charge in [-0.25, -0.2) is 0 Å². The Labute approximate surface area is 422 Å². The lowest BCUT2D eigenvalue weighted by molar-refractivity contribution is -0.166. The SMILES string of the molecule is CC/C=C\C/C=C\C/C=C\C/C=C\C/C=C\C/C=C\C/C=C\C/C=C\C/C=C\C/C=C\CCCCC(=O)OCC(COC(=O)CCCCCCC)OC(=O)CC/C=C\C/C=C\C/C=C\C/C=C\CC. The molecule has 1 atom stereocenters. The molecule has 69 heavy (non-hydrogen) atoms. The second kappa shape index (κ2) is 55.4. The molecule has 6 heteroatoms. The second-order valence-electron chi connectivity index (χ2n) is 16.7. The molecule has 0 aliphatic rings. The van der Waals surface area contributed by atoms with Crippen LogP contribution in [0.4, 0.5) is 0 Å². The van der Waals surface area contributed by atoms with Crippen molar-refractivity contribution in [1.82, 2.24) is 0 Å². The quantitative estimate of drug-likeness (QED) is 0.0262. The number of hydrogen-bond donors (Lipinski definition) is 0. The van der Waals surface area contributed by atoms with Crippen molar-refractivity contribution >= 4 is 17.9 Å². The number of allylic oxidation sites excluding steroid dienone is 28. The molecule has 0 aromatic heterocycles. The molecule has 0 amide bonds. The molecule has 0 aliphatic carbocycles. The van der Waals surface area contributed by atoms with E-state index in [9.17, 15) is 14.4 Å². The molecule has 0 fully saturated rings. The van der Waals surface area contributed by atoms with Crippen molar-refractivity contribution in [3.8, 4) is 0 Å². The summed E-state index contributed by atoms with van der Waals surface area (Å²) in [6.07, 6.45) is 82.7. The third-order valence-corrected chi connectivity index (χ3v) is 10.2. The highest BCUT2D eigenvalue weighted by Gasteiger charge is 2.19. The fraction of sp³-hybridized carbons (Fsp3) is 0.508. The summed E-state index contributed by atoms with van der Waals surface area (Å²) in [6, 6.07) is 0. The molecule has 0 spiro atoms. The van der Waals surface area contributed by atoms with Crippen molar-refractivity contribution in [1.29, 1.82) is 0 Å². The fourth-order valence-corrected chi connectivity index (χ4v) is 6.30. The van der Waals surface area contributed by atoms with Crippen LogP contribution in [0.1, 0.15) is 188 Å². The van der Waals surface area contributed by atoms with Gasteiger partial charge in [-0.3, -0.25) is 14.4 Å². The first-order valence-corrected chi connectivity index (χ1v) is 26.6. The van der Waals surface area contributed by atoms with Gasteiger partial charge in [0.05, 0.1) is 0 Å². The summed E-state index contributed by atoms with van der Waals surface area (Å²) < 4.78 is 16.5. The highest BCUT2D eigenvalue weighted by Crippen LogP contribution is 2.09. The van der Waals surface area contributed by atoms with Crippen LogP contribution in [0.25, 0.3) is 0 Å². The molecule has 6 nitrogen and oxygen atoms in total. The maximum Gasteiger partial charge on any atom is 0.306 e. The van der Waals surface area contributed by atoms with Crippen LogP contribution in [0.5, 0.6) is 0 Å². The molecule has 382 valence electrons. The average molecular weight is 947 g/mol. The summed E-state index contributed by atoms with van der Waals surface area (Å²) in [5, 5.41) is 0. The molecule has 0 bridgehead atoms. The van der Waals surface area contributed by atoms with E-state index >= 15 is 0 Å². The molecule has 0 radical (unpaired) electrons. The number of carbonyl (C=O) groups is 3. The van der Waals surface area contributed by atoms with Crippen LogP contribution in [-0.2, 0) is 28.6 Å². The van der Waals surface area contributed by atoms with Crippen LogP contribution < -0.4 is 0 Å². The molecule has 0 saturated carbocycles. The zero-order valence-corrected chi connectivity index (χ0v) is 43.5. The predicted molar refractivity (Wildman–Crippen MR) is 297 cm³/mol. The van der Waals surface area contributed by atoms with Crippen molar-refractivity contribution in [2.75, 3.05) is 13.2 Å². The van der Waals surface area contributed by atoms with Crippen LogP contribution in [0.3, 0.4) is 0 Å². The third kappa shape index (κ3) is 53.6. The van der Waals surface area contributed by atoms with Gasteiger partial charge in [-0.1, -0.05) is 217 Å². The Bertz CT molecular complexity index is 1650. The molecular weight excluding hydrogens is 853 g/mol. The second-order valence-corrected chi connectivity index (χ2v) is 16.7. The fourth-order valence-electron chi connectivity index (χ4n) is 6.30. The molecule has 0 aromatic rings. The van der Waals surface area contributed by atoms with Crippen LogP contribution in [0.15, 0.2) is 170 Å². The Hall–Kier alpha value is -5.23. The van der Waals surface area contributed by atoms with E-state index in [2.05, 4.69) is 179 Å². The minimum atomic E-state index is -0.837. The molecule has 0 aliphatic heterocycles. The van der Waals surface area contributed by atoms with Crippen molar-refractivity contribution in [3.05, 3.63) is 170 Å². The summed E-state index contributed by atoms with van der Waals surface area (Å²) in [4.78, 5) is 37.6. The lowest BCUT2D eigenvalue weighted by Gasteiger charge is -2.18. The lowest BCUT2D eigenvalue weighted by Crippen LogP contribution is -2.30. The van der Waals surface area contributed by atoms with Gasteiger partial charge in [0.2, 0.25) is 0 Å². The maximum atomic E-state index is 12.7. The van der Waals surface area contributed by atoms with Crippen molar-refractivity contribution in [2.24, 2.45) is 0 Å². The summed E-state index contributed by atoms with van der Waals surface area (Å²) >= 11 is 0. The van der Waals surface area contributed by atoms with Gasteiger partial charge < -0.3 is 14.2 Å². The van der Waals surface area contributed by atoms with Crippen LogP contribution in [0, 0.1) is 0 Å². The van der Waals surface area contributed by atoms with Gasteiger partial charge in [-0.15, -0.1) is 0 Å². The van der Waals surface area contributed by atoms with Crippen molar-refractivity contribution < 1.29 is 28.6 Å². The smallest absolute Gasteiger partial charge is 0.306 e. The molecular formula is C63H94O6.